The fraction of sp³-hybridized carbons (Fsp3) is 0.120. The van der Waals surface area contributed by atoms with Gasteiger partial charge in [-0.3, -0.25) is 4.79 Å². The van der Waals surface area contributed by atoms with Crippen molar-refractivity contribution in [3.8, 4) is 11.1 Å². The van der Waals surface area contributed by atoms with E-state index in [0.717, 1.165) is 17.5 Å². The van der Waals surface area contributed by atoms with Gasteiger partial charge in [-0.25, -0.2) is 15.0 Å². The lowest BCUT2D eigenvalue weighted by molar-refractivity contribution is 0.0950. The number of carbonyl (C=O) groups excluding carboxylic acids is 1. The summed E-state index contributed by atoms with van der Waals surface area (Å²) in [5, 5.41) is 6.18. The summed E-state index contributed by atoms with van der Waals surface area (Å²) in [5.74, 6) is 1.24. The van der Waals surface area contributed by atoms with E-state index in [2.05, 4.69) is 37.7 Å². The number of hydrogen-bond acceptors (Lipinski definition) is 5. The fourth-order valence-electron chi connectivity index (χ4n) is 3.60. The quantitative estimate of drug-likeness (QED) is 0.489. The predicted molar refractivity (Wildman–Crippen MR) is 120 cm³/mol. The zero-order chi connectivity index (χ0) is 21.0. The number of carbonyl (C=O) groups is 1. The Bertz CT molecular complexity index is 1180. The van der Waals surface area contributed by atoms with Gasteiger partial charge in [0.05, 0.1) is 0 Å². The Balaban J connectivity index is 1.23. The highest BCUT2D eigenvalue weighted by atomic mass is 16.1. The average Bonchev–Trinajstić information content (AvgIpc) is 3.60. The maximum Gasteiger partial charge on any atom is 0.251 e. The van der Waals surface area contributed by atoms with E-state index in [0.29, 0.717) is 23.2 Å². The molecule has 1 saturated carbocycles. The summed E-state index contributed by atoms with van der Waals surface area (Å²) in [5.41, 5.74) is 3.81. The molecule has 1 aliphatic carbocycles. The van der Waals surface area contributed by atoms with Crippen molar-refractivity contribution in [2.24, 2.45) is 0 Å². The lowest BCUT2D eigenvalue weighted by atomic mass is 10.1. The first-order valence-electron chi connectivity index (χ1n) is 10.2. The van der Waals surface area contributed by atoms with E-state index in [4.69, 9.17) is 0 Å². The first-order valence-corrected chi connectivity index (χ1v) is 10.2. The molecular weight excluding hydrogens is 386 g/mol. The molecular formula is C25H21N5O. The Labute approximate surface area is 180 Å². The van der Waals surface area contributed by atoms with Crippen molar-refractivity contribution >= 4 is 17.7 Å². The molecule has 1 fully saturated rings. The number of rotatable bonds is 6. The predicted octanol–water partition coefficient (Wildman–Crippen LogP) is 4.57. The molecule has 0 saturated heterocycles. The number of pyridine rings is 1. The van der Waals surface area contributed by atoms with Gasteiger partial charge in [-0.2, -0.15) is 0 Å². The van der Waals surface area contributed by atoms with E-state index in [-0.39, 0.29) is 11.9 Å². The second-order valence-electron chi connectivity index (χ2n) is 7.55. The number of hydrogen-bond donors (Lipinski definition) is 2. The number of amides is 1. The van der Waals surface area contributed by atoms with E-state index in [1.54, 1.807) is 30.7 Å². The minimum Gasteiger partial charge on any atom is -0.349 e. The maximum atomic E-state index is 12.7. The second kappa shape index (κ2) is 8.36. The molecule has 2 atom stereocenters. The van der Waals surface area contributed by atoms with Crippen LogP contribution in [0.5, 0.6) is 0 Å². The summed E-state index contributed by atoms with van der Waals surface area (Å²) in [6.07, 6.45) is 6.10. The van der Waals surface area contributed by atoms with Crippen molar-refractivity contribution in [3.63, 3.8) is 0 Å². The van der Waals surface area contributed by atoms with Crippen LogP contribution < -0.4 is 10.6 Å². The molecule has 31 heavy (non-hydrogen) atoms. The van der Waals surface area contributed by atoms with Crippen LogP contribution in [0, 0.1) is 0 Å². The van der Waals surface area contributed by atoms with Crippen LogP contribution in [0.3, 0.4) is 0 Å². The average molecular weight is 407 g/mol. The summed E-state index contributed by atoms with van der Waals surface area (Å²) < 4.78 is 0. The molecule has 1 aliphatic rings. The normalized spacial score (nSPS) is 17.0. The number of nitrogens with one attached hydrogen (secondary N) is 2. The molecule has 0 aliphatic heterocycles. The van der Waals surface area contributed by atoms with Gasteiger partial charge in [-0.1, -0.05) is 60.7 Å². The van der Waals surface area contributed by atoms with Gasteiger partial charge in [0.2, 0.25) is 5.95 Å². The van der Waals surface area contributed by atoms with Crippen molar-refractivity contribution in [2.45, 2.75) is 18.4 Å². The van der Waals surface area contributed by atoms with Gasteiger partial charge >= 0.3 is 0 Å². The van der Waals surface area contributed by atoms with Gasteiger partial charge in [0.1, 0.15) is 5.82 Å². The first kappa shape index (κ1) is 18.9. The van der Waals surface area contributed by atoms with Crippen LogP contribution in [0.4, 0.5) is 11.8 Å². The molecule has 1 amide bonds. The van der Waals surface area contributed by atoms with Gasteiger partial charge in [0, 0.05) is 41.7 Å². The molecule has 4 aromatic rings. The van der Waals surface area contributed by atoms with Crippen LogP contribution in [0.15, 0.2) is 91.4 Å². The van der Waals surface area contributed by atoms with Crippen LogP contribution in [0.2, 0.25) is 0 Å². The van der Waals surface area contributed by atoms with Crippen molar-refractivity contribution in [1.82, 2.24) is 20.3 Å². The van der Waals surface area contributed by atoms with Crippen LogP contribution in [0.1, 0.15) is 28.3 Å². The smallest absolute Gasteiger partial charge is 0.251 e. The van der Waals surface area contributed by atoms with E-state index >= 15 is 0 Å². The van der Waals surface area contributed by atoms with Crippen LogP contribution in [0.25, 0.3) is 11.1 Å². The Morgan fingerprint density at radius 1 is 0.839 bits per heavy atom. The Morgan fingerprint density at radius 2 is 1.55 bits per heavy atom. The van der Waals surface area contributed by atoms with Gasteiger partial charge in [-0.05, 0) is 29.7 Å². The molecule has 152 valence electrons. The Kier molecular flexibility index (Phi) is 5.10. The number of nitrogens with zero attached hydrogens (tertiary/aromatic N) is 3. The van der Waals surface area contributed by atoms with E-state index in [1.165, 1.54) is 5.56 Å². The minimum absolute atomic E-state index is 0.103. The van der Waals surface area contributed by atoms with Crippen LogP contribution >= 0.6 is 0 Å². The highest BCUT2D eigenvalue weighted by Crippen LogP contribution is 2.40. The third kappa shape index (κ3) is 4.43. The highest BCUT2D eigenvalue weighted by Gasteiger charge is 2.39. The summed E-state index contributed by atoms with van der Waals surface area (Å²) in [4.78, 5) is 25.7. The maximum absolute atomic E-state index is 12.7. The molecule has 2 aromatic heterocycles. The lowest BCUT2D eigenvalue weighted by Gasteiger charge is -2.08. The third-order valence-electron chi connectivity index (χ3n) is 5.36. The number of anilines is 2. The standard InChI is InChI=1S/C25H21N5O/c31-24(29-22-14-21(22)18-9-5-2-6-10-18)19-11-12-26-23(13-19)30-25-27-15-20(16-28-25)17-7-3-1-4-8-17/h1-13,15-16,21-22H,14H2,(H,29,31)(H,26,27,28,30)/t21-,22+/m0/s1. The molecule has 2 aromatic carbocycles. The summed E-state index contributed by atoms with van der Waals surface area (Å²) in [7, 11) is 0. The molecule has 2 N–H and O–H groups in total. The zero-order valence-electron chi connectivity index (χ0n) is 16.8. The van der Waals surface area contributed by atoms with Crippen LogP contribution in [-0.4, -0.2) is 26.9 Å². The minimum atomic E-state index is -0.103. The summed E-state index contributed by atoms with van der Waals surface area (Å²) >= 11 is 0. The summed E-state index contributed by atoms with van der Waals surface area (Å²) in [6.45, 7) is 0. The van der Waals surface area contributed by atoms with Gasteiger partial charge < -0.3 is 10.6 Å². The molecule has 0 radical (unpaired) electrons. The summed E-state index contributed by atoms with van der Waals surface area (Å²) in [6, 6.07) is 23.8. The molecule has 6 heteroatoms. The molecule has 2 heterocycles. The van der Waals surface area contributed by atoms with E-state index in [9.17, 15) is 4.79 Å². The monoisotopic (exact) mass is 407 g/mol. The van der Waals surface area contributed by atoms with Crippen LogP contribution in [-0.2, 0) is 0 Å². The zero-order valence-corrected chi connectivity index (χ0v) is 16.8. The Morgan fingerprint density at radius 3 is 2.29 bits per heavy atom. The Hall–Kier alpha value is -4.06. The number of aromatic nitrogens is 3. The van der Waals surface area contributed by atoms with Crippen molar-refractivity contribution in [3.05, 3.63) is 103 Å². The highest BCUT2D eigenvalue weighted by molar-refractivity contribution is 5.95. The molecule has 0 spiro atoms. The van der Waals surface area contributed by atoms with E-state index < -0.39 is 0 Å². The largest absolute Gasteiger partial charge is 0.349 e. The first-order chi connectivity index (χ1) is 15.3. The topological polar surface area (TPSA) is 79.8 Å². The van der Waals surface area contributed by atoms with Gasteiger partial charge in [0.15, 0.2) is 0 Å². The van der Waals surface area contributed by atoms with Crippen molar-refractivity contribution < 1.29 is 4.79 Å². The second-order valence-corrected chi connectivity index (χ2v) is 7.55. The lowest BCUT2D eigenvalue weighted by Crippen LogP contribution is -2.26. The van der Waals surface area contributed by atoms with Crippen molar-refractivity contribution in [2.75, 3.05) is 5.32 Å². The SMILES string of the molecule is O=C(N[C@@H]1C[C@H]1c1ccccc1)c1ccnc(Nc2ncc(-c3ccccc3)cn2)c1. The fourth-order valence-corrected chi connectivity index (χ4v) is 3.60. The third-order valence-corrected chi connectivity index (χ3v) is 5.36. The van der Waals surface area contributed by atoms with Gasteiger partial charge in [-0.15, -0.1) is 0 Å². The van der Waals surface area contributed by atoms with E-state index in [1.807, 2.05) is 48.5 Å². The molecule has 0 unspecified atom stereocenters. The molecule has 5 rings (SSSR count). The van der Waals surface area contributed by atoms with Gasteiger partial charge in [0.25, 0.3) is 5.91 Å². The molecule has 0 bridgehead atoms. The molecule has 6 nitrogen and oxygen atoms in total. The number of benzene rings is 2. The van der Waals surface area contributed by atoms with Crippen molar-refractivity contribution in [1.29, 1.82) is 0 Å².